The standard InChI is InChI=1S/C34H42N6O6/c1-22(2)46-30-17-31(35-18-25(30)9-8-23-13-27(44-4)16-28(14-23)45-5)37-34(43)40-10-6-7-24-15-26(29(21-41)36-33(24)40)19-39-12-11-38(3)20-32(39)42/h13-18,21-22H,6-12,19-20H2,1-5H3,(H,35,37,43). The number of likely N-dealkylation sites (N-methyl/N-ethyl adjacent to an activating group) is 1. The zero-order valence-electron chi connectivity index (χ0n) is 27.2. The molecule has 1 fully saturated rings. The highest BCUT2D eigenvalue weighted by Gasteiger charge is 2.28. The highest BCUT2D eigenvalue weighted by atomic mass is 16.5. The number of aromatic nitrogens is 2. The van der Waals surface area contributed by atoms with E-state index in [-0.39, 0.29) is 17.7 Å². The number of aryl methyl sites for hydroxylation is 3. The largest absolute Gasteiger partial charge is 0.497 e. The zero-order chi connectivity index (χ0) is 32.8. The number of pyridine rings is 2. The molecule has 1 aromatic carbocycles. The minimum atomic E-state index is -0.397. The van der Waals surface area contributed by atoms with Crippen LogP contribution in [0.15, 0.2) is 36.5 Å². The lowest BCUT2D eigenvalue weighted by Crippen LogP contribution is -2.48. The first-order valence-corrected chi connectivity index (χ1v) is 15.6. The summed E-state index contributed by atoms with van der Waals surface area (Å²) in [4.78, 5) is 52.7. The number of urea groups is 1. The van der Waals surface area contributed by atoms with Gasteiger partial charge in [0, 0.05) is 55.6 Å². The number of nitrogens with one attached hydrogen (secondary N) is 1. The fourth-order valence-corrected chi connectivity index (χ4v) is 5.73. The molecule has 46 heavy (non-hydrogen) atoms. The van der Waals surface area contributed by atoms with E-state index in [1.165, 1.54) is 0 Å². The van der Waals surface area contributed by atoms with Gasteiger partial charge in [0.15, 0.2) is 6.29 Å². The molecule has 2 aliphatic rings. The second-order valence-electron chi connectivity index (χ2n) is 11.9. The minimum absolute atomic E-state index is 0.0178. The number of hydrogen-bond acceptors (Lipinski definition) is 9. The second-order valence-corrected chi connectivity index (χ2v) is 11.9. The molecule has 2 aromatic heterocycles. The van der Waals surface area contributed by atoms with Crippen molar-refractivity contribution in [2.24, 2.45) is 0 Å². The van der Waals surface area contributed by atoms with Crippen LogP contribution in [0, 0.1) is 0 Å². The predicted octanol–water partition coefficient (Wildman–Crippen LogP) is 4.14. The van der Waals surface area contributed by atoms with E-state index in [0.29, 0.717) is 74.7 Å². The summed E-state index contributed by atoms with van der Waals surface area (Å²) in [6, 6.07) is 9.04. The molecule has 0 saturated carbocycles. The molecule has 0 unspecified atom stereocenters. The van der Waals surface area contributed by atoms with Gasteiger partial charge in [0.1, 0.15) is 34.6 Å². The number of anilines is 2. The molecule has 3 aromatic rings. The fraction of sp³-hybridized carbons (Fsp3) is 0.441. The van der Waals surface area contributed by atoms with Crippen molar-refractivity contribution in [1.82, 2.24) is 19.8 Å². The number of amides is 3. The summed E-state index contributed by atoms with van der Waals surface area (Å²) in [6.07, 6.45) is 5.14. The molecule has 4 heterocycles. The van der Waals surface area contributed by atoms with Crippen molar-refractivity contribution in [1.29, 1.82) is 0 Å². The predicted molar refractivity (Wildman–Crippen MR) is 174 cm³/mol. The number of ether oxygens (including phenoxy) is 3. The number of nitrogens with zero attached hydrogens (tertiary/aromatic N) is 5. The van der Waals surface area contributed by atoms with Crippen molar-refractivity contribution >= 4 is 29.9 Å². The third kappa shape index (κ3) is 7.74. The van der Waals surface area contributed by atoms with Gasteiger partial charge in [-0.25, -0.2) is 14.8 Å². The number of carbonyl (C=O) groups is 3. The van der Waals surface area contributed by atoms with E-state index in [4.69, 9.17) is 14.2 Å². The van der Waals surface area contributed by atoms with Crippen molar-refractivity contribution < 1.29 is 28.6 Å². The normalized spacial score (nSPS) is 15.0. The van der Waals surface area contributed by atoms with Crippen molar-refractivity contribution in [3.8, 4) is 17.2 Å². The third-order valence-corrected chi connectivity index (χ3v) is 8.14. The van der Waals surface area contributed by atoms with Crippen LogP contribution in [0.3, 0.4) is 0 Å². The Morgan fingerprint density at radius 1 is 1.02 bits per heavy atom. The molecule has 0 radical (unpaired) electrons. The first-order valence-electron chi connectivity index (χ1n) is 15.6. The Kier molecular flexibility index (Phi) is 10.4. The number of carbonyl (C=O) groups excluding carboxylic acids is 3. The van der Waals surface area contributed by atoms with E-state index in [9.17, 15) is 14.4 Å². The molecule has 1 saturated heterocycles. The fourth-order valence-electron chi connectivity index (χ4n) is 5.73. The van der Waals surface area contributed by atoms with Crippen LogP contribution in [0.25, 0.3) is 0 Å². The van der Waals surface area contributed by atoms with Gasteiger partial charge in [0.25, 0.3) is 0 Å². The van der Waals surface area contributed by atoms with Gasteiger partial charge in [-0.3, -0.25) is 24.7 Å². The Morgan fingerprint density at radius 3 is 2.46 bits per heavy atom. The van der Waals surface area contributed by atoms with Crippen molar-refractivity contribution in [2.45, 2.75) is 52.2 Å². The van der Waals surface area contributed by atoms with Gasteiger partial charge in [-0.05, 0) is 75.9 Å². The van der Waals surface area contributed by atoms with Crippen LogP contribution in [0.1, 0.15) is 53.0 Å². The molecule has 12 heteroatoms. The topological polar surface area (TPSA) is 126 Å². The SMILES string of the molecule is COc1cc(CCc2cnc(NC(=O)N3CCCc4cc(CN5CCN(C)CC5=O)c(C=O)nc43)cc2OC(C)C)cc(OC)c1. The van der Waals surface area contributed by atoms with Crippen LogP contribution in [0.5, 0.6) is 17.2 Å². The number of benzene rings is 1. The zero-order valence-corrected chi connectivity index (χ0v) is 27.2. The maximum atomic E-state index is 13.6. The third-order valence-electron chi connectivity index (χ3n) is 8.14. The number of hydrogen-bond donors (Lipinski definition) is 1. The Hall–Kier alpha value is -4.71. The summed E-state index contributed by atoms with van der Waals surface area (Å²) in [5, 5.41) is 2.90. The van der Waals surface area contributed by atoms with Crippen LogP contribution in [-0.2, 0) is 30.6 Å². The van der Waals surface area contributed by atoms with Crippen LogP contribution in [-0.4, -0.2) is 91.5 Å². The van der Waals surface area contributed by atoms with E-state index < -0.39 is 6.03 Å². The Labute approximate surface area is 269 Å². The number of rotatable bonds is 11. The van der Waals surface area contributed by atoms with Crippen LogP contribution < -0.4 is 24.4 Å². The molecule has 1 N–H and O–H groups in total. The second kappa shape index (κ2) is 14.6. The molecule has 12 nitrogen and oxygen atoms in total. The molecule has 0 aliphatic carbocycles. The average Bonchev–Trinajstić information content (AvgIpc) is 3.04. The lowest BCUT2D eigenvalue weighted by atomic mass is 10.0. The Morgan fingerprint density at radius 2 is 1.78 bits per heavy atom. The van der Waals surface area contributed by atoms with Crippen molar-refractivity contribution in [2.75, 3.05) is 57.7 Å². The molecule has 2 aliphatic heterocycles. The summed E-state index contributed by atoms with van der Waals surface area (Å²) in [6.45, 7) is 6.35. The summed E-state index contributed by atoms with van der Waals surface area (Å²) < 4.78 is 16.9. The van der Waals surface area contributed by atoms with Crippen LogP contribution in [0.4, 0.5) is 16.4 Å². The molecule has 0 atom stereocenters. The maximum absolute atomic E-state index is 13.6. The van der Waals surface area contributed by atoms with Gasteiger partial charge in [-0.2, -0.15) is 0 Å². The molecular formula is C34H42N6O6. The number of methoxy groups -OCH3 is 2. The molecule has 0 bridgehead atoms. The van der Waals surface area contributed by atoms with Gasteiger partial charge in [-0.15, -0.1) is 0 Å². The highest BCUT2D eigenvalue weighted by molar-refractivity contribution is 6.01. The van der Waals surface area contributed by atoms with E-state index in [1.54, 1.807) is 36.3 Å². The number of aldehydes is 1. The van der Waals surface area contributed by atoms with E-state index in [0.717, 1.165) is 41.2 Å². The highest BCUT2D eigenvalue weighted by Crippen LogP contribution is 2.30. The Bertz CT molecular complexity index is 1570. The van der Waals surface area contributed by atoms with E-state index in [1.807, 2.05) is 50.1 Å². The average molecular weight is 631 g/mol. The van der Waals surface area contributed by atoms with Gasteiger partial charge in [-0.1, -0.05) is 0 Å². The van der Waals surface area contributed by atoms with E-state index >= 15 is 0 Å². The molecule has 0 spiro atoms. The van der Waals surface area contributed by atoms with Gasteiger partial charge >= 0.3 is 6.03 Å². The molecule has 5 rings (SSSR count). The smallest absolute Gasteiger partial charge is 0.328 e. The van der Waals surface area contributed by atoms with Crippen LogP contribution >= 0.6 is 0 Å². The van der Waals surface area contributed by atoms with Crippen LogP contribution in [0.2, 0.25) is 0 Å². The first kappa shape index (κ1) is 32.7. The summed E-state index contributed by atoms with van der Waals surface area (Å²) in [5.74, 6) is 2.89. The van der Waals surface area contributed by atoms with Crippen molar-refractivity contribution in [3.05, 3.63) is 64.5 Å². The molecular weight excluding hydrogens is 588 g/mol. The quantitative estimate of drug-likeness (QED) is 0.311. The minimum Gasteiger partial charge on any atom is -0.497 e. The van der Waals surface area contributed by atoms with Gasteiger partial charge in [0.2, 0.25) is 5.91 Å². The Balaban J connectivity index is 1.32. The van der Waals surface area contributed by atoms with Gasteiger partial charge in [0.05, 0.1) is 26.9 Å². The van der Waals surface area contributed by atoms with E-state index in [2.05, 4.69) is 15.3 Å². The van der Waals surface area contributed by atoms with Crippen molar-refractivity contribution in [3.63, 3.8) is 0 Å². The summed E-state index contributed by atoms with van der Waals surface area (Å²) in [5.41, 5.74) is 3.74. The first-order chi connectivity index (χ1) is 22.2. The lowest BCUT2D eigenvalue weighted by molar-refractivity contribution is -0.136. The number of piperazine rings is 1. The van der Waals surface area contributed by atoms with Gasteiger partial charge < -0.3 is 19.1 Å². The monoisotopic (exact) mass is 630 g/mol. The molecule has 3 amide bonds. The molecule has 244 valence electrons. The lowest BCUT2D eigenvalue weighted by Gasteiger charge is -2.33. The maximum Gasteiger partial charge on any atom is 0.328 e. The summed E-state index contributed by atoms with van der Waals surface area (Å²) >= 11 is 0. The summed E-state index contributed by atoms with van der Waals surface area (Å²) in [7, 11) is 5.16. The number of fused-ring (bicyclic) bond motifs is 1.